The molecule has 0 aromatic heterocycles. The Morgan fingerprint density at radius 1 is 1.11 bits per heavy atom. The number of likely N-dealkylation sites (N-methyl/N-ethyl adjacent to an activating group) is 1. The summed E-state index contributed by atoms with van der Waals surface area (Å²) in [6.45, 7) is 4.60. The highest BCUT2D eigenvalue weighted by atomic mass is 32.2. The van der Waals surface area contributed by atoms with Crippen LogP contribution in [0.5, 0.6) is 0 Å². The quantitative estimate of drug-likeness (QED) is 0.514. The molecule has 1 unspecified atom stereocenters. The van der Waals surface area contributed by atoms with Crippen molar-refractivity contribution in [3.8, 4) is 0 Å². The van der Waals surface area contributed by atoms with E-state index in [0.29, 0.717) is 6.54 Å². The number of quaternary nitrogens is 1. The van der Waals surface area contributed by atoms with Crippen LogP contribution < -0.4 is 15.1 Å². The van der Waals surface area contributed by atoms with Crippen molar-refractivity contribution in [1.29, 1.82) is 0 Å². The Labute approximate surface area is 165 Å². The number of nitrogens with one attached hydrogen (secondary N) is 2. The summed E-state index contributed by atoms with van der Waals surface area (Å²) >= 11 is 1.58. The number of carbonyl (C=O) groups is 2. The molecule has 2 rings (SSSR count). The average Bonchev–Trinajstić information content (AvgIpc) is 2.66. The predicted molar refractivity (Wildman–Crippen MR) is 112 cm³/mol. The van der Waals surface area contributed by atoms with Gasteiger partial charge in [0, 0.05) is 17.1 Å². The minimum Gasteiger partial charge on any atom is -0.322 e. The summed E-state index contributed by atoms with van der Waals surface area (Å²) < 4.78 is 0. The van der Waals surface area contributed by atoms with E-state index in [4.69, 9.17) is 0 Å². The Kier molecular flexibility index (Phi) is 8.10. The van der Waals surface area contributed by atoms with E-state index in [-0.39, 0.29) is 24.9 Å². The fraction of sp³-hybridized carbons (Fsp3) is 0.238. The third-order valence-corrected chi connectivity index (χ3v) is 4.77. The lowest BCUT2D eigenvalue weighted by molar-refractivity contribution is -0.862. The molecule has 2 amide bonds. The summed E-state index contributed by atoms with van der Waals surface area (Å²) in [6.07, 6.45) is 3.67. The van der Waals surface area contributed by atoms with Gasteiger partial charge < -0.3 is 15.1 Å². The number of nitrogens with zero attached hydrogens (tertiary/aromatic N) is 1. The van der Waals surface area contributed by atoms with Crippen molar-refractivity contribution in [2.24, 2.45) is 0 Å². The van der Waals surface area contributed by atoms with Gasteiger partial charge in [0.05, 0.1) is 12.7 Å². The minimum atomic E-state index is -0.114. The SMILES string of the molecule is C=CCN(C(=O)C[NH+](C)CC(=O)Nc1ccccc1SC)c1ccccc1. The van der Waals surface area contributed by atoms with Gasteiger partial charge in [-0.1, -0.05) is 36.4 Å². The molecule has 142 valence electrons. The van der Waals surface area contributed by atoms with E-state index in [1.807, 2.05) is 67.9 Å². The van der Waals surface area contributed by atoms with Crippen molar-refractivity contribution in [1.82, 2.24) is 0 Å². The van der Waals surface area contributed by atoms with Gasteiger partial charge in [-0.15, -0.1) is 18.3 Å². The Morgan fingerprint density at radius 2 is 1.78 bits per heavy atom. The number of carbonyl (C=O) groups excluding carboxylic acids is 2. The lowest BCUT2D eigenvalue weighted by Gasteiger charge is -2.23. The Bertz CT molecular complexity index is 780. The molecule has 2 N–H and O–H groups in total. The molecule has 2 aromatic rings. The maximum atomic E-state index is 12.7. The smallest absolute Gasteiger partial charge is 0.282 e. The first-order chi connectivity index (χ1) is 13.0. The molecule has 0 heterocycles. The maximum absolute atomic E-state index is 12.7. The van der Waals surface area contributed by atoms with Crippen LogP contribution in [-0.4, -0.2) is 44.8 Å². The summed E-state index contributed by atoms with van der Waals surface area (Å²) in [5.74, 6) is -0.160. The van der Waals surface area contributed by atoms with Crippen LogP contribution in [0.2, 0.25) is 0 Å². The normalized spacial score (nSPS) is 11.5. The second kappa shape index (κ2) is 10.5. The van der Waals surface area contributed by atoms with E-state index in [0.717, 1.165) is 21.2 Å². The monoisotopic (exact) mass is 384 g/mol. The number of anilines is 2. The number of para-hydroxylation sites is 2. The van der Waals surface area contributed by atoms with Crippen molar-refractivity contribution in [2.45, 2.75) is 4.90 Å². The zero-order valence-electron chi connectivity index (χ0n) is 15.8. The van der Waals surface area contributed by atoms with Gasteiger partial charge in [0.1, 0.15) is 0 Å². The highest BCUT2D eigenvalue weighted by molar-refractivity contribution is 7.98. The largest absolute Gasteiger partial charge is 0.322 e. The first kappa shape index (κ1) is 20.7. The van der Waals surface area contributed by atoms with E-state index in [1.165, 1.54) is 0 Å². The van der Waals surface area contributed by atoms with Crippen molar-refractivity contribution in [3.63, 3.8) is 0 Å². The Balaban J connectivity index is 1.95. The Hall–Kier alpha value is -2.57. The van der Waals surface area contributed by atoms with E-state index in [9.17, 15) is 9.59 Å². The van der Waals surface area contributed by atoms with Crippen molar-refractivity contribution in [2.75, 3.05) is 43.2 Å². The fourth-order valence-corrected chi connectivity index (χ4v) is 3.27. The number of benzene rings is 2. The molecule has 2 aromatic carbocycles. The molecule has 0 aliphatic carbocycles. The lowest BCUT2D eigenvalue weighted by Crippen LogP contribution is -3.11. The van der Waals surface area contributed by atoms with Crippen molar-refractivity contribution >= 4 is 35.0 Å². The molecule has 6 heteroatoms. The lowest BCUT2D eigenvalue weighted by atomic mass is 10.2. The summed E-state index contributed by atoms with van der Waals surface area (Å²) in [7, 11) is 1.84. The van der Waals surface area contributed by atoms with Crippen LogP contribution in [0.25, 0.3) is 0 Å². The number of amides is 2. The highest BCUT2D eigenvalue weighted by Crippen LogP contribution is 2.24. The van der Waals surface area contributed by atoms with Gasteiger partial charge in [-0.2, -0.15) is 0 Å². The summed E-state index contributed by atoms with van der Waals surface area (Å²) in [5.41, 5.74) is 1.63. The Morgan fingerprint density at radius 3 is 2.44 bits per heavy atom. The van der Waals surface area contributed by atoms with Crippen molar-refractivity contribution in [3.05, 3.63) is 67.3 Å². The van der Waals surface area contributed by atoms with Crippen molar-refractivity contribution < 1.29 is 14.5 Å². The molecule has 1 atom stereocenters. The van der Waals surface area contributed by atoms with Gasteiger partial charge in [0.25, 0.3) is 11.8 Å². The molecular formula is C21H26N3O2S+. The molecule has 0 saturated carbocycles. The third kappa shape index (κ3) is 6.27. The summed E-state index contributed by atoms with van der Waals surface area (Å²) in [4.78, 5) is 28.6. The first-order valence-corrected chi connectivity index (χ1v) is 9.98. The van der Waals surface area contributed by atoms with Crippen LogP contribution in [0, 0.1) is 0 Å². The van der Waals surface area contributed by atoms with Crippen LogP contribution >= 0.6 is 11.8 Å². The van der Waals surface area contributed by atoms with Crippen LogP contribution in [-0.2, 0) is 9.59 Å². The third-order valence-electron chi connectivity index (χ3n) is 3.98. The molecule has 0 bridgehead atoms. The molecule has 0 aliphatic rings. The molecule has 0 radical (unpaired) electrons. The van der Waals surface area contributed by atoms with Gasteiger partial charge in [-0.3, -0.25) is 9.59 Å². The van der Waals surface area contributed by atoms with E-state index in [2.05, 4.69) is 11.9 Å². The molecular weight excluding hydrogens is 358 g/mol. The maximum Gasteiger partial charge on any atom is 0.282 e. The molecule has 27 heavy (non-hydrogen) atoms. The predicted octanol–water partition coefficient (Wildman–Crippen LogP) is 2.08. The molecule has 0 fully saturated rings. The van der Waals surface area contributed by atoms with E-state index in [1.54, 1.807) is 22.7 Å². The molecule has 0 spiro atoms. The highest BCUT2D eigenvalue weighted by Gasteiger charge is 2.20. The van der Waals surface area contributed by atoms with Crippen LogP contribution in [0.15, 0.2) is 72.1 Å². The zero-order valence-corrected chi connectivity index (χ0v) is 16.6. The van der Waals surface area contributed by atoms with Crippen LogP contribution in [0.1, 0.15) is 0 Å². The van der Waals surface area contributed by atoms with Gasteiger partial charge >= 0.3 is 0 Å². The second-order valence-electron chi connectivity index (χ2n) is 6.19. The van der Waals surface area contributed by atoms with Gasteiger partial charge in [-0.25, -0.2) is 0 Å². The van der Waals surface area contributed by atoms with E-state index >= 15 is 0 Å². The average molecular weight is 385 g/mol. The van der Waals surface area contributed by atoms with Gasteiger partial charge in [0.2, 0.25) is 0 Å². The topological polar surface area (TPSA) is 53.9 Å². The first-order valence-electron chi connectivity index (χ1n) is 8.75. The number of hydrogen-bond acceptors (Lipinski definition) is 3. The fourth-order valence-electron chi connectivity index (χ4n) is 2.72. The molecule has 0 saturated heterocycles. The van der Waals surface area contributed by atoms with Crippen LogP contribution in [0.3, 0.4) is 0 Å². The van der Waals surface area contributed by atoms with Gasteiger partial charge in [-0.05, 0) is 30.5 Å². The number of thioether (sulfide) groups is 1. The van der Waals surface area contributed by atoms with Gasteiger partial charge in [0.15, 0.2) is 13.1 Å². The standard InChI is InChI=1S/C21H25N3O2S/c1-4-14-24(17-10-6-5-7-11-17)21(26)16-23(2)15-20(25)22-18-12-8-9-13-19(18)27-3/h4-13H,1,14-16H2,2-3H3,(H,22,25)/p+1. The zero-order chi connectivity index (χ0) is 19.6. The minimum absolute atomic E-state index is 0.0455. The second-order valence-corrected chi connectivity index (χ2v) is 7.04. The molecule has 5 nitrogen and oxygen atoms in total. The van der Waals surface area contributed by atoms with E-state index < -0.39 is 0 Å². The van der Waals surface area contributed by atoms with Crippen LogP contribution in [0.4, 0.5) is 11.4 Å². The molecule has 0 aliphatic heterocycles. The summed E-state index contributed by atoms with van der Waals surface area (Å²) in [5, 5.41) is 2.93. The summed E-state index contributed by atoms with van der Waals surface area (Å²) in [6, 6.07) is 17.2. The number of rotatable bonds is 9. The number of hydrogen-bond donors (Lipinski definition) is 2.